The molecule has 2 N–H and O–H groups in total. The van der Waals surface area contributed by atoms with Crippen molar-refractivity contribution in [3.8, 4) is 10.6 Å². The smallest absolute Gasteiger partial charge is 0.0799 e. The first-order chi connectivity index (χ1) is 9.74. The van der Waals surface area contributed by atoms with E-state index >= 15 is 0 Å². The van der Waals surface area contributed by atoms with E-state index in [0.717, 1.165) is 21.4 Å². The molecule has 0 saturated heterocycles. The zero-order valence-electron chi connectivity index (χ0n) is 10.4. The molecular weight excluding hydrogens is 358 g/mol. The molecule has 3 aromatic rings. The van der Waals surface area contributed by atoms with E-state index in [2.05, 4.69) is 42.9 Å². The Morgan fingerprint density at radius 2 is 2.25 bits per heavy atom. The number of rotatable bonds is 4. The van der Waals surface area contributed by atoms with Crippen molar-refractivity contribution in [1.29, 1.82) is 0 Å². The highest BCUT2D eigenvalue weighted by atomic mass is 79.9. The zero-order chi connectivity index (χ0) is 13.9. The molecule has 1 aromatic carbocycles. The standard InChI is InChI=1S/C14H11BrClN3S/c15-11-4-3-10(16)6-12(11)17-7-9-8-18-19-14(9)13-2-1-5-20-13/h1-6,8,17H,7H2,(H,18,19). The summed E-state index contributed by atoms with van der Waals surface area (Å²) in [5.41, 5.74) is 3.15. The first-order valence-electron chi connectivity index (χ1n) is 5.99. The molecule has 0 fully saturated rings. The summed E-state index contributed by atoms with van der Waals surface area (Å²) in [5, 5.41) is 13.3. The van der Waals surface area contributed by atoms with Gasteiger partial charge in [0.05, 0.1) is 22.5 Å². The molecule has 6 heteroatoms. The second-order valence-corrected chi connectivity index (χ2v) is 6.46. The van der Waals surface area contributed by atoms with E-state index in [-0.39, 0.29) is 0 Å². The van der Waals surface area contributed by atoms with Gasteiger partial charge in [-0.15, -0.1) is 11.3 Å². The van der Waals surface area contributed by atoms with Crippen LogP contribution in [0.3, 0.4) is 0 Å². The summed E-state index contributed by atoms with van der Waals surface area (Å²) >= 11 is 11.2. The summed E-state index contributed by atoms with van der Waals surface area (Å²) in [4.78, 5) is 1.18. The van der Waals surface area contributed by atoms with Crippen molar-refractivity contribution in [2.75, 3.05) is 5.32 Å². The number of aromatic amines is 1. The summed E-state index contributed by atoms with van der Waals surface area (Å²) in [6.07, 6.45) is 1.85. The molecule has 0 saturated carbocycles. The molecule has 20 heavy (non-hydrogen) atoms. The minimum Gasteiger partial charge on any atom is -0.380 e. The van der Waals surface area contributed by atoms with E-state index in [1.165, 1.54) is 4.88 Å². The van der Waals surface area contributed by atoms with Gasteiger partial charge in [-0.25, -0.2) is 0 Å². The van der Waals surface area contributed by atoms with Crippen LogP contribution in [-0.4, -0.2) is 10.2 Å². The van der Waals surface area contributed by atoms with Crippen molar-refractivity contribution in [2.24, 2.45) is 0 Å². The average molecular weight is 369 g/mol. The third-order valence-corrected chi connectivity index (χ3v) is 4.70. The topological polar surface area (TPSA) is 40.7 Å². The van der Waals surface area contributed by atoms with Crippen LogP contribution in [0.1, 0.15) is 5.56 Å². The number of halogens is 2. The van der Waals surface area contributed by atoms with Crippen molar-refractivity contribution < 1.29 is 0 Å². The molecule has 0 radical (unpaired) electrons. The van der Waals surface area contributed by atoms with Crippen LogP contribution in [0.4, 0.5) is 5.69 Å². The molecule has 3 rings (SSSR count). The number of anilines is 1. The van der Waals surface area contributed by atoms with Crippen LogP contribution in [0.5, 0.6) is 0 Å². The first-order valence-corrected chi connectivity index (χ1v) is 8.04. The molecular formula is C14H11BrClN3S. The quantitative estimate of drug-likeness (QED) is 0.667. The van der Waals surface area contributed by atoms with Gasteiger partial charge < -0.3 is 5.32 Å². The maximum atomic E-state index is 6.01. The molecule has 0 atom stereocenters. The Morgan fingerprint density at radius 1 is 1.35 bits per heavy atom. The van der Waals surface area contributed by atoms with E-state index in [9.17, 15) is 0 Å². The Hall–Kier alpha value is -1.30. The van der Waals surface area contributed by atoms with Crippen LogP contribution in [-0.2, 0) is 6.54 Å². The van der Waals surface area contributed by atoms with E-state index in [4.69, 9.17) is 11.6 Å². The van der Waals surface area contributed by atoms with Gasteiger partial charge >= 0.3 is 0 Å². The predicted octanol–water partition coefficient (Wildman–Crippen LogP) is 5.17. The van der Waals surface area contributed by atoms with Gasteiger partial charge in [-0.3, -0.25) is 5.10 Å². The largest absolute Gasteiger partial charge is 0.380 e. The van der Waals surface area contributed by atoms with Crippen molar-refractivity contribution in [3.05, 3.63) is 57.0 Å². The fourth-order valence-corrected chi connectivity index (χ4v) is 3.22. The number of benzene rings is 1. The number of nitrogens with one attached hydrogen (secondary N) is 2. The highest BCUT2D eigenvalue weighted by Crippen LogP contribution is 2.29. The molecule has 0 aliphatic rings. The minimum absolute atomic E-state index is 0.683. The number of thiophene rings is 1. The van der Waals surface area contributed by atoms with Crippen molar-refractivity contribution in [1.82, 2.24) is 10.2 Å². The lowest BCUT2D eigenvalue weighted by Gasteiger charge is -2.09. The van der Waals surface area contributed by atoms with Crippen molar-refractivity contribution >= 4 is 44.6 Å². The Labute approximate surface area is 134 Å². The van der Waals surface area contributed by atoms with Crippen LogP contribution in [0.15, 0.2) is 46.4 Å². The summed E-state index contributed by atoms with van der Waals surface area (Å²) in [7, 11) is 0. The maximum Gasteiger partial charge on any atom is 0.0799 e. The van der Waals surface area contributed by atoms with E-state index in [1.807, 2.05) is 30.5 Å². The van der Waals surface area contributed by atoms with Crippen LogP contribution in [0.2, 0.25) is 5.02 Å². The monoisotopic (exact) mass is 367 g/mol. The summed E-state index contributed by atoms with van der Waals surface area (Å²) in [6, 6.07) is 9.80. The molecule has 102 valence electrons. The zero-order valence-corrected chi connectivity index (χ0v) is 13.5. The van der Waals surface area contributed by atoms with E-state index in [1.54, 1.807) is 11.3 Å². The van der Waals surface area contributed by atoms with Gasteiger partial charge in [-0.2, -0.15) is 5.10 Å². The van der Waals surface area contributed by atoms with Crippen LogP contribution < -0.4 is 5.32 Å². The number of H-pyrrole nitrogens is 1. The number of hydrogen-bond donors (Lipinski definition) is 2. The fraction of sp³-hybridized carbons (Fsp3) is 0.0714. The second-order valence-electron chi connectivity index (χ2n) is 4.23. The highest BCUT2D eigenvalue weighted by molar-refractivity contribution is 9.10. The molecule has 0 amide bonds. The summed E-state index contributed by atoms with van der Waals surface area (Å²) < 4.78 is 0.989. The van der Waals surface area contributed by atoms with Crippen LogP contribution in [0, 0.1) is 0 Å². The molecule has 0 aliphatic carbocycles. The minimum atomic E-state index is 0.683. The molecule has 2 heterocycles. The van der Waals surface area contributed by atoms with Crippen LogP contribution in [0.25, 0.3) is 10.6 Å². The van der Waals surface area contributed by atoms with E-state index < -0.39 is 0 Å². The number of aromatic nitrogens is 2. The van der Waals surface area contributed by atoms with E-state index in [0.29, 0.717) is 11.6 Å². The third kappa shape index (κ3) is 2.90. The molecule has 2 aromatic heterocycles. The lowest BCUT2D eigenvalue weighted by atomic mass is 10.2. The molecule has 0 bridgehead atoms. The Balaban J connectivity index is 1.79. The lowest BCUT2D eigenvalue weighted by Crippen LogP contribution is -2.00. The third-order valence-electron chi connectivity index (χ3n) is 2.88. The number of hydrogen-bond acceptors (Lipinski definition) is 3. The Morgan fingerprint density at radius 3 is 3.05 bits per heavy atom. The normalized spacial score (nSPS) is 10.7. The fourth-order valence-electron chi connectivity index (χ4n) is 1.90. The lowest BCUT2D eigenvalue weighted by molar-refractivity contribution is 1.10. The first kappa shape index (κ1) is 13.7. The summed E-state index contributed by atoms with van der Waals surface area (Å²) in [6.45, 7) is 0.683. The second kappa shape index (κ2) is 5.99. The van der Waals surface area contributed by atoms with Gasteiger partial charge in [0.2, 0.25) is 0 Å². The molecule has 3 nitrogen and oxygen atoms in total. The predicted molar refractivity (Wildman–Crippen MR) is 88.4 cm³/mol. The van der Waals surface area contributed by atoms with Crippen molar-refractivity contribution in [2.45, 2.75) is 6.54 Å². The van der Waals surface area contributed by atoms with Gasteiger partial charge in [0.25, 0.3) is 0 Å². The molecule has 0 spiro atoms. The average Bonchev–Trinajstić information content (AvgIpc) is 3.09. The Bertz CT molecular complexity index is 709. The number of nitrogens with zero attached hydrogens (tertiary/aromatic N) is 1. The van der Waals surface area contributed by atoms with Crippen LogP contribution >= 0.6 is 38.9 Å². The Kier molecular flexibility index (Phi) is 4.10. The highest BCUT2D eigenvalue weighted by Gasteiger charge is 2.09. The SMILES string of the molecule is Clc1ccc(Br)c(NCc2cn[nH]c2-c2cccs2)c1. The van der Waals surface area contributed by atoms with Crippen molar-refractivity contribution in [3.63, 3.8) is 0 Å². The van der Waals surface area contributed by atoms with Gasteiger partial charge in [0.15, 0.2) is 0 Å². The van der Waals surface area contributed by atoms with Gasteiger partial charge in [0, 0.05) is 21.6 Å². The maximum absolute atomic E-state index is 6.01. The molecule has 0 unspecified atom stereocenters. The van der Waals surface area contributed by atoms with Gasteiger partial charge in [-0.1, -0.05) is 17.7 Å². The molecule has 0 aliphatic heterocycles. The summed E-state index contributed by atoms with van der Waals surface area (Å²) in [5.74, 6) is 0. The van der Waals surface area contributed by atoms with Gasteiger partial charge in [-0.05, 0) is 45.6 Å². The van der Waals surface area contributed by atoms with Gasteiger partial charge in [0.1, 0.15) is 0 Å².